The summed E-state index contributed by atoms with van der Waals surface area (Å²) in [5, 5.41) is 10.8. The van der Waals surface area contributed by atoms with Crippen LogP contribution in [0.1, 0.15) is 207 Å². The molecule has 0 saturated heterocycles. The van der Waals surface area contributed by atoms with Crippen LogP contribution in [0.4, 0.5) is 0 Å². The van der Waals surface area contributed by atoms with Gasteiger partial charge in [-0.15, -0.1) is 0 Å². The van der Waals surface area contributed by atoms with Crippen molar-refractivity contribution in [3.63, 3.8) is 0 Å². The molecule has 0 aliphatic heterocycles. The second kappa shape index (κ2) is 30.2. The molecule has 0 bridgehead atoms. The highest BCUT2D eigenvalue weighted by Crippen LogP contribution is 2.24. The van der Waals surface area contributed by atoms with Crippen molar-refractivity contribution >= 4 is 0 Å². The van der Waals surface area contributed by atoms with E-state index in [4.69, 9.17) is 0 Å². The van der Waals surface area contributed by atoms with Crippen LogP contribution in [0.3, 0.4) is 0 Å². The van der Waals surface area contributed by atoms with E-state index in [1.54, 1.807) is 0 Å². The summed E-state index contributed by atoms with van der Waals surface area (Å²) in [6.07, 6.45) is 39.9. The number of hydrogen-bond donors (Lipinski definition) is 1. The highest BCUT2D eigenvalue weighted by atomic mass is 16.3. The van der Waals surface area contributed by atoms with Crippen molar-refractivity contribution < 1.29 is 5.11 Å². The number of unbranched alkanes of at least 4 members (excludes halogenated alkanes) is 23. The molecule has 35 heavy (non-hydrogen) atoms. The molecule has 0 aromatic carbocycles. The van der Waals surface area contributed by atoms with Crippen LogP contribution >= 0.6 is 0 Å². The normalized spacial score (nSPS) is 13.4. The minimum Gasteiger partial charge on any atom is -0.393 e. The third-order valence-electron chi connectivity index (χ3n) is 8.24. The van der Waals surface area contributed by atoms with Crippen LogP contribution in [0, 0.1) is 5.92 Å². The average Bonchev–Trinajstić information content (AvgIpc) is 2.86. The van der Waals surface area contributed by atoms with Gasteiger partial charge in [0.1, 0.15) is 0 Å². The summed E-state index contributed by atoms with van der Waals surface area (Å²) in [6.45, 7) is 6.88. The Kier molecular flexibility index (Phi) is 30.2. The zero-order valence-corrected chi connectivity index (χ0v) is 25.1. The monoisotopic (exact) mass is 495 g/mol. The molecule has 0 heterocycles. The van der Waals surface area contributed by atoms with Gasteiger partial charge >= 0.3 is 0 Å². The standard InChI is InChI=1S/C34H70O/c1-4-7-9-11-13-15-17-18-19-20-21-23-25-27-29-32-34(35)33(30-6-3)31-28-26-24-22-16-14-12-10-8-5-2/h33-35H,4-32H2,1-3H3. The Morgan fingerprint density at radius 2 is 0.600 bits per heavy atom. The molecule has 1 heteroatoms. The number of rotatable bonds is 30. The predicted molar refractivity (Wildman–Crippen MR) is 160 cm³/mol. The predicted octanol–water partition coefficient (Wildman–Crippen LogP) is 12.3. The molecule has 1 nitrogen and oxygen atoms in total. The van der Waals surface area contributed by atoms with Crippen molar-refractivity contribution in [2.75, 3.05) is 0 Å². The van der Waals surface area contributed by atoms with E-state index < -0.39 is 0 Å². The van der Waals surface area contributed by atoms with E-state index in [9.17, 15) is 5.11 Å². The Hall–Kier alpha value is -0.0400. The summed E-state index contributed by atoms with van der Waals surface area (Å²) in [5.41, 5.74) is 0. The molecule has 0 aliphatic carbocycles. The fourth-order valence-corrected chi connectivity index (χ4v) is 5.75. The molecule has 1 N–H and O–H groups in total. The molecule has 0 aliphatic rings. The van der Waals surface area contributed by atoms with E-state index in [1.807, 2.05) is 0 Å². The van der Waals surface area contributed by atoms with Crippen molar-refractivity contribution in [2.45, 2.75) is 213 Å². The van der Waals surface area contributed by atoms with E-state index in [0.29, 0.717) is 5.92 Å². The first-order valence-electron chi connectivity index (χ1n) is 16.9. The highest BCUT2D eigenvalue weighted by Gasteiger charge is 2.17. The van der Waals surface area contributed by atoms with Gasteiger partial charge in [-0.2, -0.15) is 0 Å². The zero-order chi connectivity index (χ0) is 25.7. The van der Waals surface area contributed by atoms with Gasteiger partial charge < -0.3 is 5.11 Å². The molecule has 2 atom stereocenters. The molecule has 0 rings (SSSR count). The lowest BCUT2D eigenvalue weighted by atomic mass is 9.88. The van der Waals surface area contributed by atoms with Crippen molar-refractivity contribution in [1.29, 1.82) is 0 Å². The summed E-state index contributed by atoms with van der Waals surface area (Å²) >= 11 is 0. The topological polar surface area (TPSA) is 20.2 Å². The first-order valence-corrected chi connectivity index (χ1v) is 16.9. The molecule has 0 amide bonds. The second-order valence-electron chi connectivity index (χ2n) is 11.8. The summed E-state index contributed by atoms with van der Waals surface area (Å²) in [6, 6.07) is 0. The minimum absolute atomic E-state index is 0.0458. The van der Waals surface area contributed by atoms with Crippen LogP contribution < -0.4 is 0 Å². The van der Waals surface area contributed by atoms with Crippen LogP contribution in [0.25, 0.3) is 0 Å². The van der Waals surface area contributed by atoms with Gasteiger partial charge in [-0.05, 0) is 25.2 Å². The van der Waals surface area contributed by atoms with E-state index in [-0.39, 0.29) is 6.10 Å². The Balaban J connectivity index is 3.51. The molecule has 0 fully saturated rings. The summed E-state index contributed by atoms with van der Waals surface area (Å²) in [4.78, 5) is 0. The van der Waals surface area contributed by atoms with Crippen LogP contribution in [-0.4, -0.2) is 11.2 Å². The van der Waals surface area contributed by atoms with Gasteiger partial charge in [0, 0.05) is 0 Å². The van der Waals surface area contributed by atoms with Crippen molar-refractivity contribution in [1.82, 2.24) is 0 Å². The van der Waals surface area contributed by atoms with Gasteiger partial charge in [0.25, 0.3) is 0 Å². The largest absolute Gasteiger partial charge is 0.393 e. The first-order chi connectivity index (χ1) is 17.3. The Labute approximate surface area is 224 Å². The van der Waals surface area contributed by atoms with E-state index in [1.165, 1.54) is 180 Å². The summed E-state index contributed by atoms with van der Waals surface area (Å²) in [7, 11) is 0. The quantitative estimate of drug-likeness (QED) is 0.0984. The molecule has 0 spiro atoms. The Morgan fingerprint density at radius 3 is 0.914 bits per heavy atom. The molecule has 212 valence electrons. The van der Waals surface area contributed by atoms with Crippen molar-refractivity contribution in [3.05, 3.63) is 0 Å². The maximum Gasteiger partial charge on any atom is 0.0568 e. The summed E-state index contributed by atoms with van der Waals surface area (Å²) in [5.74, 6) is 0.556. The smallest absolute Gasteiger partial charge is 0.0568 e. The van der Waals surface area contributed by atoms with Crippen LogP contribution in [-0.2, 0) is 0 Å². The maximum absolute atomic E-state index is 10.8. The third kappa shape index (κ3) is 26.8. The molecule has 0 aromatic heterocycles. The van der Waals surface area contributed by atoms with Gasteiger partial charge in [-0.25, -0.2) is 0 Å². The second-order valence-corrected chi connectivity index (χ2v) is 11.8. The van der Waals surface area contributed by atoms with Crippen LogP contribution in [0.5, 0.6) is 0 Å². The Morgan fingerprint density at radius 1 is 0.314 bits per heavy atom. The highest BCUT2D eigenvalue weighted by molar-refractivity contribution is 4.69. The zero-order valence-electron chi connectivity index (χ0n) is 25.1. The fraction of sp³-hybridized carbons (Fsp3) is 1.00. The molecule has 0 saturated carbocycles. The van der Waals surface area contributed by atoms with Crippen LogP contribution in [0.15, 0.2) is 0 Å². The Bertz CT molecular complexity index is 366. The van der Waals surface area contributed by atoms with Crippen LogP contribution in [0.2, 0.25) is 0 Å². The van der Waals surface area contributed by atoms with Gasteiger partial charge in [0.2, 0.25) is 0 Å². The lowest BCUT2D eigenvalue weighted by molar-refractivity contribution is 0.0841. The van der Waals surface area contributed by atoms with Gasteiger partial charge in [0.05, 0.1) is 6.10 Å². The van der Waals surface area contributed by atoms with Gasteiger partial charge in [-0.3, -0.25) is 0 Å². The SMILES string of the molecule is CCCCCCCCCCCCCCCCCC(O)C(CCC)CCCCCCCCCCCC. The number of aliphatic hydroxyl groups is 1. The molecule has 0 aromatic rings. The molecule has 0 radical (unpaired) electrons. The number of aliphatic hydroxyl groups excluding tert-OH is 1. The first kappa shape index (κ1) is 35.0. The van der Waals surface area contributed by atoms with Crippen molar-refractivity contribution in [2.24, 2.45) is 5.92 Å². The lowest BCUT2D eigenvalue weighted by Crippen LogP contribution is -2.20. The average molecular weight is 495 g/mol. The van der Waals surface area contributed by atoms with Gasteiger partial charge in [0.15, 0.2) is 0 Å². The third-order valence-corrected chi connectivity index (χ3v) is 8.24. The minimum atomic E-state index is -0.0458. The van der Waals surface area contributed by atoms with Crippen molar-refractivity contribution in [3.8, 4) is 0 Å². The molecule has 2 unspecified atom stereocenters. The lowest BCUT2D eigenvalue weighted by Gasteiger charge is -2.22. The fourth-order valence-electron chi connectivity index (χ4n) is 5.75. The molecular weight excluding hydrogens is 424 g/mol. The summed E-state index contributed by atoms with van der Waals surface area (Å²) < 4.78 is 0. The van der Waals surface area contributed by atoms with E-state index in [2.05, 4.69) is 20.8 Å². The number of hydrogen-bond acceptors (Lipinski definition) is 1. The maximum atomic E-state index is 10.8. The molecular formula is C34H70O. The van der Waals surface area contributed by atoms with E-state index >= 15 is 0 Å². The van der Waals surface area contributed by atoms with Gasteiger partial charge in [-0.1, -0.05) is 188 Å². The van der Waals surface area contributed by atoms with E-state index in [0.717, 1.165) is 6.42 Å².